The Morgan fingerprint density at radius 1 is 0.692 bits per heavy atom. The second kappa shape index (κ2) is 12.5. The van der Waals surface area contributed by atoms with E-state index < -0.39 is 0 Å². The van der Waals surface area contributed by atoms with Crippen LogP contribution in [0.3, 0.4) is 0 Å². The summed E-state index contributed by atoms with van der Waals surface area (Å²) in [5.74, 6) is 0. The fraction of sp³-hybridized carbons (Fsp3) is 0.182. The quantitative estimate of drug-likeness (QED) is 0.199. The van der Waals surface area contributed by atoms with Crippen LogP contribution < -0.4 is 0 Å². The summed E-state index contributed by atoms with van der Waals surface area (Å²) in [5, 5.41) is 5.39. The van der Waals surface area contributed by atoms with Crippen LogP contribution in [-0.4, -0.2) is 6.19 Å². The van der Waals surface area contributed by atoms with Crippen LogP contribution in [0.25, 0.3) is 21.5 Å². The molecule has 0 saturated carbocycles. The molecule has 0 bridgehead atoms. The maximum atomic E-state index is 2.27. The van der Waals surface area contributed by atoms with Crippen molar-refractivity contribution in [3.05, 3.63) is 83.9 Å². The largest absolute Gasteiger partial charge is 0.165 e. The fourth-order valence-corrected chi connectivity index (χ4v) is 2.61. The minimum absolute atomic E-state index is 0. The molecule has 4 heteroatoms. The third-order valence-electron chi connectivity index (χ3n) is 3.52. The molecule has 4 aromatic carbocycles. The molecule has 4 rings (SSSR count). The minimum Gasteiger partial charge on any atom is -0.165 e. The van der Waals surface area contributed by atoms with Gasteiger partial charge in [-0.2, -0.15) is 12.1 Å². The van der Waals surface area contributed by atoms with E-state index in [1.807, 2.05) is 0 Å². The van der Waals surface area contributed by atoms with Crippen molar-refractivity contribution in [3.63, 3.8) is 0 Å². The van der Waals surface area contributed by atoms with Gasteiger partial charge in [0.15, 0.2) is 0 Å². The van der Waals surface area contributed by atoms with Gasteiger partial charge in [0.2, 0.25) is 0 Å². The second-order valence-corrected chi connectivity index (χ2v) is 13.0. The van der Waals surface area contributed by atoms with Crippen LogP contribution in [-0.2, 0) is 19.2 Å². The Balaban J connectivity index is 0.000000378. The van der Waals surface area contributed by atoms with Gasteiger partial charge in [-0.05, 0) is 0 Å². The molecule has 0 spiro atoms. The average molecular weight is 437 g/mol. The average Bonchev–Trinajstić information content (AvgIpc) is 3.07. The van der Waals surface area contributed by atoms with Gasteiger partial charge in [0, 0.05) is 0 Å². The Kier molecular flexibility index (Phi) is 12.1. The zero-order chi connectivity index (χ0) is 17.5. The van der Waals surface area contributed by atoms with Crippen LogP contribution >= 0.6 is 24.8 Å². The first-order chi connectivity index (χ1) is 11.5. The predicted molar refractivity (Wildman–Crippen MR) is 121 cm³/mol. The van der Waals surface area contributed by atoms with Gasteiger partial charge >= 0.3 is 38.5 Å². The number of aryl methyl sites for hydroxylation is 2. The first-order valence-electron chi connectivity index (χ1n) is 8.21. The Bertz CT molecular complexity index is 795. The molecule has 26 heavy (non-hydrogen) atoms. The molecule has 0 fully saturated rings. The number of hydrogen-bond donors (Lipinski definition) is 0. The van der Waals surface area contributed by atoms with E-state index in [1.54, 1.807) is 0 Å². The van der Waals surface area contributed by atoms with Crippen molar-refractivity contribution >= 4 is 52.5 Å². The Morgan fingerprint density at radius 3 is 1.31 bits per heavy atom. The number of hydrogen-bond acceptors (Lipinski definition) is 0. The van der Waals surface area contributed by atoms with Crippen LogP contribution in [0.2, 0.25) is 13.1 Å². The van der Waals surface area contributed by atoms with Crippen molar-refractivity contribution in [2.75, 3.05) is 0 Å². The van der Waals surface area contributed by atoms with E-state index in [0.29, 0.717) is 0 Å². The summed E-state index contributed by atoms with van der Waals surface area (Å²) in [6.07, 6.45) is 0.120. The van der Waals surface area contributed by atoms with E-state index in [1.165, 1.54) is 32.7 Å². The second-order valence-electron chi connectivity index (χ2n) is 6.32. The van der Waals surface area contributed by atoms with Gasteiger partial charge in [0.25, 0.3) is 0 Å². The summed E-state index contributed by atoms with van der Waals surface area (Å²) >= 11 is 2.27. The first-order valence-corrected chi connectivity index (χ1v) is 13.1. The van der Waals surface area contributed by atoms with Crippen molar-refractivity contribution in [2.24, 2.45) is 0 Å². The summed E-state index contributed by atoms with van der Waals surface area (Å²) < 4.78 is 0. The predicted octanol–water partition coefficient (Wildman–Crippen LogP) is 7.36. The van der Waals surface area contributed by atoms with E-state index in [0.717, 1.165) is 0 Å². The van der Waals surface area contributed by atoms with Gasteiger partial charge in [-0.1, -0.05) is 26.0 Å². The Hall–Kier alpha value is -0.829. The third-order valence-corrected chi connectivity index (χ3v) is 3.52. The zero-order valence-electron chi connectivity index (χ0n) is 15.7. The summed E-state index contributed by atoms with van der Waals surface area (Å²) in [5.41, 5.74) is 2.70. The van der Waals surface area contributed by atoms with Gasteiger partial charge in [0.1, 0.15) is 0 Å². The summed E-state index contributed by atoms with van der Waals surface area (Å²) in [6, 6.07) is 25.7. The number of fused-ring (bicyclic) bond motifs is 2. The molecule has 0 atom stereocenters. The monoisotopic (exact) mass is 436 g/mol. The maximum absolute atomic E-state index is 2.27. The molecule has 0 saturated heterocycles. The van der Waals surface area contributed by atoms with E-state index in [9.17, 15) is 0 Å². The van der Waals surface area contributed by atoms with Crippen molar-refractivity contribution in [2.45, 2.75) is 26.9 Å². The molecular formula is C22H26Cl2SiTi. The third kappa shape index (κ3) is 8.24. The fourth-order valence-electron chi connectivity index (χ4n) is 2.61. The molecule has 0 amide bonds. The standard InChI is InChI=1S/2C10H9.C2H6Si.2ClH.Ti/c2*1-8-6-9-4-2-3-5-10(9)7-8;1-3-2;;;/h2*2-7H,1H3;1-2H3;2*1H;/q2*-1;;;;+2. The molecular weight excluding hydrogens is 411 g/mol. The van der Waals surface area contributed by atoms with E-state index >= 15 is 0 Å². The summed E-state index contributed by atoms with van der Waals surface area (Å²) in [7, 11) is 0. The number of rotatable bonds is 0. The van der Waals surface area contributed by atoms with E-state index in [2.05, 4.69) is 119 Å². The molecule has 0 unspecified atom stereocenters. The normalized spacial score (nSPS) is 9.15. The van der Waals surface area contributed by atoms with E-state index in [4.69, 9.17) is 0 Å². The van der Waals surface area contributed by atoms with Crippen molar-refractivity contribution in [1.29, 1.82) is 0 Å². The summed E-state index contributed by atoms with van der Waals surface area (Å²) in [4.78, 5) is 0. The van der Waals surface area contributed by atoms with Crippen molar-refractivity contribution in [1.82, 2.24) is 0 Å². The van der Waals surface area contributed by atoms with Crippen LogP contribution in [0.4, 0.5) is 0 Å². The molecule has 0 nitrogen and oxygen atoms in total. The smallest absolute Gasteiger partial charge is 0.0579 e. The molecule has 0 aromatic heterocycles. The number of benzene rings is 2. The van der Waals surface area contributed by atoms with Crippen molar-refractivity contribution in [3.8, 4) is 0 Å². The summed E-state index contributed by atoms with van der Waals surface area (Å²) in [6.45, 7) is 8.79. The van der Waals surface area contributed by atoms with Crippen LogP contribution in [0, 0.1) is 13.8 Å². The van der Waals surface area contributed by atoms with Crippen LogP contribution in [0.5, 0.6) is 0 Å². The van der Waals surface area contributed by atoms with Crippen LogP contribution in [0.1, 0.15) is 11.1 Å². The molecule has 0 aliphatic rings. The van der Waals surface area contributed by atoms with Gasteiger partial charge in [0.05, 0.1) is 0 Å². The molecule has 0 aliphatic carbocycles. The number of halogens is 2. The maximum Gasteiger partial charge on any atom is -0.0579 e. The Labute approximate surface area is 181 Å². The van der Waals surface area contributed by atoms with Crippen LogP contribution in [0.15, 0.2) is 72.8 Å². The van der Waals surface area contributed by atoms with Gasteiger partial charge in [-0.25, -0.2) is 0 Å². The molecule has 0 heterocycles. The van der Waals surface area contributed by atoms with E-state index in [-0.39, 0.29) is 31.0 Å². The van der Waals surface area contributed by atoms with Gasteiger partial charge in [-0.15, -0.1) is 106 Å². The molecule has 0 N–H and O–H groups in total. The molecule has 136 valence electrons. The first kappa shape index (κ1) is 25.2. The van der Waals surface area contributed by atoms with Gasteiger partial charge < -0.3 is 0 Å². The Morgan fingerprint density at radius 2 is 1.00 bits per heavy atom. The topological polar surface area (TPSA) is 0 Å². The molecule has 4 aromatic rings. The SMILES string of the molecule is C[Si](C)=[Ti+2].Cc1cc2ccccc2[cH-]1.Cc1cc2ccccc2[cH-]1.Cl.Cl. The molecule has 0 radical (unpaired) electrons. The zero-order valence-corrected chi connectivity index (χ0v) is 19.9. The molecule has 0 aliphatic heterocycles. The van der Waals surface area contributed by atoms with Crippen molar-refractivity contribution < 1.29 is 19.2 Å². The minimum atomic E-state index is 0. The van der Waals surface area contributed by atoms with Gasteiger partial charge in [-0.3, -0.25) is 0 Å².